The summed E-state index contributed by atoms with van der Waals surface area (Å²) < 4.78 is 20.0. The van der Waals surface area contributed by atoms with Crippen molar-refractivity contribution in [1.29, 1.82) is 0 Å². The van der Waals surface area contributed by atoms with E-state index in [0.29, 0.717) is 21.8 Å². The molecule has 30 heavy (non-hydrogen) atoms. The zero-order valence-electron chi connectivity index (χ0n) is 16.9. The minimum absolute atomic E-state index is 0.0408. The number of hydrogen-bond donors (Lipinski definition) is 1. The van der Waals surface area contributed by atoms with Gasteiger partial charge in [-0.15, -0.1) is 10.2 Å². The number of halogens is 2. The van der Waals surface area contributed by atoms with Gasteiger partial charge < -0.3 is 10.1 Å². The number of rotatable bonds is 8. The second-order valence-electron chi connectivity index (χ2n) is 6.74. The Labute approximate surface area is 183 Å². The van der Waals surface area contributed by atoms with Gasteiger partial charge >= 0.3 is 0 Å². The highest BCUT2D eigenvalue weighted by molar-refractivity contribution is 7.98. The highest BCUT2D eigenvalue weighted by Crippen LogP contribution is 2.30. The predicted octanol–water partition coefficient (Wildman–Crippen LogP) is 4.48. The Kier molecular flexibility index (Phi) is 7.47. The Morgan fingerprint density at radius 1 is 1.27 bits per heavy atom. The van der Waals surface area contributed by atoms with Gasteiger partial charge in [0.05, 0.1) is 11.7 Å². The van der Waals surface area contributed by atoms with Crippen LogP contribution in [0.5, 0.6) is 0 Å². The van der Waals surface area contributed by atoms with Crippen molar-refractivity contribution in [2.24, 2.45) is 0 Å². The van der Waals surface area contributed by atoms with Crippen molar-refractivity contribution in [3.05, 3.63) is 70.3 Å². The number of carbonyl (C=O) groups excluding carboxylic acids is 1. The zero-order chi connectivity index (χ0) is 21.7. The van der Waals surface area contributed by atoms with Crippen LogP contribution in [-0.4, -0.2) is 34.4 Å². The molecule has 0 aliphatic carbocycles. The number of amides is 1. The molecule has 0 fully saturated rings. The summed E-state index contributed by atoms with van der Waals surface area (Å²) in [6, 6.07) is 11.5. The SMILES string of the molecule is COCC(=O)NC(C)c1nnc(SCc2ccc(F)cc2)n1-c1cc(Cl)ccc1C. The van der Waals surface area contributed by atoms with E-state index in [1.165, 1.54) is 31.0 Å². The third-order valence-corrected chi connectivity index (χ3v) is 5.63. The molecular formula is C21H22ClFN4O2S. The second-order valence-corrected chi connectivity index (χ2v) is 8.12. The number of aryl methyl sites for hydroxylation is 1. The van der Waals surface area contributed by atoms with E-state index in [0.717, 1.165) is 16.8 Å². The Balaban J connectivity index is 1.95. The zero-order valence-corrected chi connectivity index (χ0v) is 18.4. The minimum Gasteiger partial charge on any atom is -0.375 e. The van der Waals surface area contributed by atoms with Crippen LogP contribution in [0, 0.1) is 12.7 Å². The van der Waals surface area contributed by atoms with Gasteiger partial charge in [0.25, 0.3) is 0 Å². The van der Waals surface area contributed by atoms with Crippen LogP contribution in [0.3, 0.4) is 0 Å². The van der Waals surface area contributed by atoms with Crippen LogP contribution < -0.4 is 5.32 Å². The van der Waals surface area contributed by atoms with Crippen LogP contribution in [0.1, 0.15) is 29.9 Å². The van der Waals surface area contributed by atoms with Gasteiger partial charge in [-0.1, -0.05) is 41.6 Å². The molecule has 6 nitrogen and oxygen atoms in total. The molecule has 0 radical (unpaired) electrons. The number of nitrogens with zero attached hydrogens (tertiary/aromatic N) is 3. The van der Waals surface area contributed by atoms with E-state index in [-0.39, 0.29) is 18.3 Å². The monoisotopic (exact) mass is 448 g/mol. The van der Waals surface area contributed by atoms with Crippen LogP contribution in [0.25, 0.3) is 5.69 Å². The van der Waals surface area contributed by atoms with Crippen LogP contribution >= 0.6 is 23.4 Å². The van der Waals surface area contributed by atoms with E-state index in [1.54, 1.807) is 12.1 Å². The fraction of sp³-hybridized carbons (Fsp3) is 0.286. The fourth-order valence-electron chi connectivity index (χ4n) is 2.91. The Morgan fingerprint density at radius 3 is 2.70 bits per heavy atom. The first-order valence-electron chi connectivity index (χ1n) is 9.26. The highest BCUT2D eigenvalue weighted by Gasteiger charge is 2.22. The molecule has 1 N–H and O–H groups in total. The summed E-state index contributed by atoms with van der Waals surface area (Å²) in [5, 5.41) is 12.8. The molecule has 1 amide bonds. The summed E-state index contributed by atoms with van der Waals surface area (Å²) in [4.78, 5) is 12.0. The molecule has 0 saturated carbocycles. The average molecular weight is 449 g/mol. The topological polar surface area (TPSA) is 69.0 Å². The molecule has 0 saturated heterocycles. The van der Waals surface area contributed by atoms with E-state index in [4.69, 9.17) is 16.3 Å². The fourth-order valence-corrected chi connectivity index (χ4v) is 3.99. The normalized spacial score (nSPS) is 12.0. The summed E-state index contributed by atoms with van der Waals surface area (Å²) in [7, 11) is 1.46. The second kappa shape index (κ2) is 10.1. The summed E-state index contributed by atoms with van der Waals surface area (Å²) in [6.45, 7) is 3.77. The summed E-state index contributed by atoms with van der Waals surface area (Å²) in [6.07, 6.45) is 0. The maximum absolute atomic E-state index is 13.2. The highest BCUT2D eigenvalue weighted by atomic mass is 35.5. The van der Waals surface area contributed by atoms with E-state index in [1.807, 2.05) is 36.6 Å². The summed E-state index contributed by atoms with van der Waals surface area (Å²) in [5.74, 6) is 0.640. The summed E-state index contributed by atoms with van der Waals surface area (Å²) >= 11 is 7.72. The minimum atomic E-state index is -0.404. The van der Waals surface area contributed by atoms with Crippen LogP contribution in [0.2, 0.25) is 5.02 Å². The molecule has 1 aromatic heterocycles. The largest absolute Gasteiger partial charge is 0.375 e. The molecule has 0 aliphatic heterocycles. The molecule has 0 aliphatic rings. The van der Waals surface area contributed by atoms with Crippen molar-refractivity contribution < 1.29 is 13.9 Å². The molecule has 3 aromatic rings. The average Bonchev–Trinajstić information content (AvgIpc) is 3.13. The standard InChI is InChI=1S/C21H22ClFN4O2S/c1-13-4-7-16(22)10-18(13)27-20(14(2)24-19(28)11-29-3)25-26-21(27)30-12-15-5-8-17(23)9-6-15/h4-10,14H,11-12H2,1-3H3,(H,24,28). The molecule has 1 unspecified atom stereocenters. The lowest BCUT2D eigenvalue weighted by molar-refractivity contribution is -0.125. The Morgan fingerprint density at radius 2 is 2.00 bits per heavy atom. The number of carbonyl (C=O) groups is 1. The van der Waals surface area contributed by atoms with Gasteiger partial charge in [-0.05, 0) is 49.2 Å². The van der Waals surface area contributed by atoms with Gasteiger partial charge in [-0.2, -0.15) is 0 Å². The molecule has 2 aromatic carbocycles. The number of hydrogen-bond acceptors (Lipinski definition) is 5. The van der Waals surface area contributed by atoms with E-state index >= 15 is 0 Å². The van der Waals surface area contributed by atoms with Gasteiger partial charge in [0.15, 0.2) is 11.0 Å². The van der Waals surface area contributed by atoms with Crippen molar-refractivity contribution in [1.82, 2.24) is 20.1 Å². The quantitative estimate of drug-likeness (QED) is 0.514. The first kappa shape index (κ1) is 22.3. The third kappa shape index (κ3) is 5.38. The number of benzene rings is 2. The lowest BCUT2D eigenvalue weighted by Crippen LogP contribution is -2.31. The van der Waals surface area contributed by atoms with Gasteiger partial charge in [0.1, 0.15) is 12.4 Å². The first-order valence-corrected chi connectivity index (χ1v) is 10.6. The van der Waals surface area contributed by atoms with Gasteiger partial charge in [-0.3, -0.25) is 9.36 Å². The van der Waals surface area contributed by atoms with E-state index in [9.17, 15) is 9.18 Å². The van der Waals surface area contributed by atoms with Gasteiger partial charge in [0, 0.05) is 17.9 Å². The number of thioether (sulfide) groups is 1. The van der Waals surface area contributed by atoms with Gasteiger partial charge in [-0.25, -0.2) is 4.39 Å². The van der Waals surface area contributed by atoms with Crippen molar-refractivity contribution >= 4 is 29.3 Å². The molecule has 1 heterocycles. The first-order chi connectivity index (χ1) is 14.4. The summed E-state index contributed by atoms with van der Waals surface area (Å²) in [5.41, 5.74) is 2.78. The molecule has 3 rings (SSSR count). The molecule has 1 atom stereocenters. The molecular weight excluding hydrogens is 427 g/mol. The van der Waals surface area contributed by atoms with Gasteiger partial charge in [0.2, 0.25) is 5.91 Å². The Bertz CT molecular complexity index is 1030. The lowest BCUT2D eigenvalue weighted by atomic mass is 10.2. The molecule has 0 spiro atoms. The third-order valence-electron chi connectivity index (χ3n) is 4.39. The van der Waals surface area contributed by atoms with Crippen molar-refractivity contribution in [3.63, 3.8) is 0 Å². The molecule has 9 heteroatoms. The molecule has 158 valence electrons. The van der Waals surface area contributed by atoms with Crippen molar-refractivity contribution in [2.75, 3.05) is 13.7 Å². The number of ether oxygens (including phenoxy) is 1. The van der Waals surface area contributed by atoms with Crippen molar-refractivity contribution in [3.8, 4) is 5.69 Å². The number of nitrogens with one attached hydrogen (secondary N) is 1. The lowest BCUT2D eigenvalue weighted by Gasteiger charge is -2.18. The Hall–Kier alpha value is -2.42. The maximum atomic E-state index is 13.2. The van der Waals surface area contributed by atoms with E-state index < -0.39 is 6.04 Å². The molecule has 0 bridgehead atoms. The maximum Gasteiger partial charge on any atom is 0.246 e. The number of aromatic nitrogens is 3. The van der Waals surface area contributed by atoms with Crippen LogP contribution in [-0.2, 0) is 15.3 Å². The van der Waals surface area contributed by atoms with Crippen LogP contribution in [0.4, 0.5) is 4.39 Å². The van der Waals surface area contributed by atoms with Crippen molar-refractivity contribution in [2.45, 2.75) is 30.8 Å². The number of methoxy groups -OCH3 is 1. The van der Waals surface area contributed by atoms with Crippen LogP contribution in [0.15, 0.2) is 47.6 Å². The predicted molar refractivity (Wildman–Crippen MR) is 116 cm³/mol. The van der Waals surface area contributed by atoms with E-state index in [2.05, 4.69) is 15.5 Å². The smallest absolute Gasteiger partial charge is 0.246 e.